The lowest BCUT2D eigenvalue weighted by Crippen LogP contribution is -2.20. The van der Waals surface area contributed by atoms with Gasteiger partial charge in [0.2, 0.25) is 0 Å². The number of hydrogen-bond donors (Lipinski definition) is 1. The van der Waals surface area contributed by atoms with Crippen molar-refractivity contribution >= 4 is 35.2 Å². The van der Waals surface area contributed by atoms with Gasteiger partial charge >= 0.3 is 12.1 Å². The van der Waals surface area contributed by atoms with Crippen LogP contribution in [0, 0.1) is 0 Å². The Morgan fingerprint density at radius 3 is 2.46 bits per heavy atom. The van der Waals surface area contributed by atoms with Gasteiger partial charge in [0, 0.05) is 16.8 Å². The zero-order valence-corrected chi connectivity index (χ0v) is 14.0. The first-order valence-corrected chi connectivity index (χ1v) is 7.69. The Morgan fingerprint density at radius 1 is 1.12 bits per heavy atom. The fourth-order valence-electron chi connectivity index (χ4n) is 1.90. The van der Waals surface area contributed by atoms with E-state index >= 15 is 0 Å². The Labute approximate surface area is 152 Å². The summed E-state index contributed by atoms with van der Waals surface area (Å²) < 4.78 is 42.6. The second kappa shape index (κ2) is 8.53. The molecular formula is C18H13ClF3NO3. The number of rotatable bonds is 5. The van der Waals surface area contributed by atoms with Crippen molar-refractivity contribution < 1.29 is 27.5 Å². The lowest BCUT2D eigenvalue weighted by Gasteiger charge is -2.07. The molecule has 0 spiro atoms. The molecule has 1 amide bonds. The van der Waals surface area contributed by atoms with Gasteiger partial charge in [0.25, 0.3) is 5.91 Å². The minimum Gasteiger partial charge on any atom is -0.452 e. The van der Waals surface area contributed by atoms with Crippen molar-refractivity contribution in [3.05, 3.63) is 70.8 Å². The van der Waals surface area contributed by atoms with Crippen molar-refractivity contribution in [2.45, 2.75) is 6.18 Å². The molecule has 2 aromatic carbocycles. The van der Waals surface area contributed by atoms with E-state index in [1.807, 2.05) is 0 Å². The first-order valence-electron chi connectivity index (χ1n) is 7.31. The van der Waals surface area contributed by atoms with Crippen LogP contribution in [0.2, 0.25) is 5.02 Å². The van der Waals surface area contributed by atoms with E-state index in [0.29, 0.717) is 10.7 Å². The lowest BCUT2D eigenvalue weighted by atomic mass is 10.1. The standard InChI is InChI=1S/C18H13ClF3NO3/c19-14-5-7-15(8-6-14)23-16(24)11-26-17(25)9-4-12-2-1-3-13(10-12)18(20,21)22/h1-10H,11H2,(H,23,24). The highest BCUT2D eigenvalue weighted by atomic mass is 35.5. The fraction of sp³-hybridized carbons (Fsp3) is 0.111. The monoisotopic (exact) mass is 383 g/mol. The summed E-state index contributed by atoms with van der Waals surface area (Å²) in [5.74, 6) is -1.41. The quantitative estimate of drug-likeness (QED) is 0.608. The molecule has 8 heteroatoms. The summed E-state index contributed by atoms with van der Waals surface area (Å²) in [5, 5.41) is 3.01. The number of anilines is 1. The smallest absolute Gasteiger partial charge is 0.416 e. The molecule has 1 N–H and O–H groups in total. The van der Waals surface area contributed by atoms with Gasteiger partial charge in [-0.15, -0.1) is 0 Å². The van der Waals surface area contributed by atoms with Crippen LogP contribution in [0.5, 0.6) is 0 Å². The summed E-state index contributed by atoms with van der Waals surface area (Å²) in [6.45, 7) is -0.533. The molecule has 0 saturated carbocycles. The van der Waals surface area contributed by atoms with Gasteiger partial charge < -0.3 is 10.1 Å². The maximum absolute atomic E-state index is 12.6. The van der Waals surface area contributed by atoms with Crippen LogP contribution in [0.15, 0.2) is 54.6 Å². The Hall–Kier alpha value is -2.80. The van der Waals surface area contributed by atoms with E-state index in [9.17, 15) is 22.8 Å². The van der Waals surface area contributed by atoms with Crippen LogP contribution in [-0.2, 0) is 20.5 Å². The minimum absolute atomic E-state index is 0.183. The Kier molecular flexibility index (Phi) is 6.41. The van der Waals surface area contributed by atoms with Crippen LogP contribution >= 0.6 is 11.6 Å². The molecule has 0 fully saturated rings. The van der Waals surface area contributed by atoms with Crippen LogP contribution in [0.4, 0.5) is 18.9 Å². The molecule has 0 saturated heterocycles. The third-order valence-electron chi connectivity index (χ3n) is 3.10. The first-order chi connectivity index (χ1) is 12.2. The van der Waals surface area contributed by atoms with Crippen molar-refractivity contribution in [2.24, 2.45) is 0 Å². The van der Waals surface area contributed by atoms with E-state index in [0.717, 1.165) is 18.2 Å². The fourth-order valence-corrected chi connectivity index (χ4v) is 2.02. The van der Waals surface area contributed by atoms with Crippen molar-refractivity contribution in [2.75, 3.05) is 11.9 Å². The molecular weight excluding hydrogens is 371 g/mol. The molecule has 26 heavy (non-hydrogen) atoms. The summed E-state index contributed by atoms with van der Waals surface area (Å²) >= 11 is 5.72. The zero-order chi connectivity index (χ0) is 19.2. The predicted octanol–water partition coefficient (Wildman–Crippen LogP) is 4.55. The molecule has 4 nitrogen and oxygen atoms in total. The summed E-state index contributed by atoms with van der Waals surface area (Å²) in [4.78, 5) is 23.2. The molecule has 0 radical (unpaired) electrons. The highest BCUT2D eigenvalue weighted by Gasteiger charge is 2.30. The number of esters is 1. The lowest BCUT2D eigenvalue weighted by molar-refractivity contribution is -0.142. The number of carbonyl (C=O) groups is 2. The second-order valence-corrected chi connectivity index (χ2v) is 5.56. The van der Waals surface area contributed by atoms with Crippen molar-refractivity contribution in [3.8, 4) is 0 Å². The highest BCUT2D eigenvalue weighted by molar-refractivity contribution is 6.30. The summed E-state index contributed by atoms with van der Waals surface area (Å²) in [6, 6.07) is 10.8. The Bertz CT molecular complexity index is 817. The molecule has 0 atom stereocenters. The molecule has 0 aliphatic rings. The van der Waals surface area contributed by atoms with Gasteiger partial charge in [-0.3, -0.25) is 4.79 Å². The van der Waals surface area contributed by atoms with Crippen molar-refractivity contribution in [1.29, 1.82) is 0 Å². The molecule has 2 aromatic rings. The first kappa shape index (κ1) is 19.5. The van der Waals surface area contributed by atoms with Crippen LogP contribution in [0.3, 0.4) is 0 Å². The Morgan fingerprint density at radius 2 is 1.81 bits per heavy atom. The molecule has 0 unspecified atom stereocenters. The average Bonchev–Trinajstić information content (AvgIpc) is 2.60. The van der Waals surface area contributed by atoms with Gasteiger partial charge in [0.05, 0.1) is 5.56 Å². The molecule has 0 aliphatic carbocycles. The number of benzene rings is 2. The normalized spacial score (nSPS) is 11.4. The number of carbonyl (C=O) groups excluding carboxylic acids is 2. The van der Waals surface area contributed by atoms with Gasteiger partial charge in [-0.2, -0.15) is 13.2 Å². The number of ether oxygens (including phenoxy) is 1. The SMILES string of the molecule is O=C(COC(=O)C=Cc1cccc(C(F)(F)F)c1)Nc1ccc(Cl)cc1. The van der Waals surface area contributed by atoms with E-state index in [1.54, 1.807) is 24.3 Å². The van der Waals surface area contributed by atoms with E-state index in [-0.39, 0.29) is 5.56 Å². The third kappa shape index (κ3) is 6.25. The molecule has 0 aromatic heterocycles. The number of alkyl halides is 3. The van der Waals surface area contributed by atoms with Crippen molar-refractivity contribution in [1.82, 2.24) is 0 Å². The van der Waals surface area contributed by atoms with E-state index in [1.165, 1.54) is 18.2 Å². The van der Waals surface area contributed by atoms with E-state index in [4.69, 9.17) is 16.3 Å². The molecule has 2 rings (SSSR count). The summed E-state index contributed by atoms with van der Waals surface area (Å²) in [5.41, 5.74) is -0.160. The topological polar surface area (TPSA) is 55.4 Å². The third-order valence-corrected chi connectivity index (χ3v) is 3.35. The van der Waals surface area contributed by atoms with Crippen LogP contribution in [-0.4, -0.2) is 18.5 Å². The van der Waals surface area contributed by atoms with Gasteiger partial charge in [-0.1, -0.05) is 23.7 Å². The Balaban J connectivity index is 1.85. The average molecular weight is 384 g/mol. The van der Waals surface area contributed by atoms with Crippen LogP contribution in [0.25, 0.3) is 6.08 Å². The number of amides is 1. The zero-order valence-electron chi connectivity index (χ0n) is 13.2. The highest BCUT2D eigenvalue weighted by Crippen LogP contribution is 2.29. The van der Waals surface area contributed by atoms with Crippen LogP contribution < -0.4 is 5.32 Å². The number of hydrogen-bond acceptors (Lipinski definition) is 3. The summed E-state index contributed by atoms with van der Waals surface area (Å²) in [6.07, 6.45) is -2.34. The minimum atomic E-state index is -4.47. The second-order valence-electron chi connectivity index (χ2n) is 5.12. The van der Waals surface area contributed by atoms with E-state index < -0.39 is 30.2 Å². The van der Waals surface area contributed by atoms with Gasteiger partial charge in [0.15, 0.2) is 6.61 Å². The predicted molar refractivity (Wildman–Crippen MR) is 91.5 cm³/mol. The maximum Gasteiger partial charge on any atom is 0.416 e. The molecule has 136 valence electrons. The van der Waals surface area contributed by atoms with Gasteiger partial charge in [-0.05, 0) is 48.0 Å². The van der Waals surface area contributed by atoms with Crippen LogP contribution in [0.1, 0.15) is 11.1 Å². The number of halogens is 4. The maximum atomic E-state index is 12.6. The van der Waals surface area contributed by atoms with Gasteiger partial charge in [0.1, 0.15) is 0 Å². The van der Waals surface area contributed by atoms with Crippen molar-refractivity contribution in [3.63, 3.8) is 0 Å². The number of nitrogens with one attached hydrogen (secondary N) is 1. The van der Waals surface area contributed by atoms with E-state index in [2.05, 4.69) is 5.32 Å². The molecule has 0 heterocycles. The largest absolute Gasteiger partial charge is 0.452 e. The summed E-state index contributed by atoms with van der Waals surface area (Å²) in [7, 11) is 0. The van der Waals surface area contributed by atoms with Gasteiger partial charge in [-0.25, -0.2) is 4.79 Å². The molecule has 0 aliphatic heterocycles. The molecule has 0 bridgehead atoms.